The fourth-order valence-corrected chi connectivity index (χ4v) is 4.61. The zero-order valence-corrected chi connectivity index (χ0v) is 18.2. The summed E-state index contributed by atoms with van der Waals surface area (Å²) in [6.45, 7) is 4.30. The molecule has 2 aliphatic heterocycles. The Morgan fingerprint density at radius 2 is 1.77 bits per heavy atom. The van der Waals surface area contributed by atoms with E-state index in [1.54, 1.807) is 11.8 Å². The Kier molecular flexibility index (Phi) is 6.75. The molecule has 0 aliphatic carbocycles. The number of nitrogens with zero attached hydrogens (tertiary/aromatic N) is 2. The van der Waals surface area contributed by atoms with Gasteiger partial charge >= 0.3 is 0 Å². The second kappa shape index (κ2) is 9.67. The zero-order chi connectivity index (χ0) is 20.9. The highest BCUT2D eigenvalue weighted by atomic mass is 32.2. The second-order valence-electron chi connectivity index (χ2n) is 7.83. The summed E-state index contributed by atoms with van der Waals surface area (Å²) in [4.78, 5) is 31.4. The van der Waals surface area contributed by atoms with Gasteiger partial charge in [-0.1, -0.05) is 18.2 Å². The van der Waals surface area contributed by atoms with Crippen LogP contribution in [0.5, 0.6) is 0 Å². The lowest BCUT2D eigenvalue weighted by Gasteiger charge is -2.33. The number of hydrogen-bond acceptors (Lipinski definition) is 5. The van der Waals surface area contributed by atoms with E-state index in [1.807, 2.05) is 59.7 Å². The summed E-state index contributed by atoms with van der Waals surface area (Å²) < 4.78 is 5.43. The van der Waals surface area contributed by atoms with Crippen LogP contribution in [-0.4, -0.2) is 62.2 Å². The van der Waals surface area contributed by atoms with Gasteiger partial charge in [-0.2, -0.15) is 0 Å². The second-order valence-corrected chi connectivity index (χ2v) is 8.71. The lowest BCUT2D eigenvalue weighted by atomic mass is 9.89. The first kappa shape index (κ1) is 20.9. The van der Waals surface area contributed by atoms with Crippen molar-refractivity contribution in [2.24, 2.45) is 5.92 Å². The van der Waals surface area contributed by atoms with Gasteiger partial charge in [-0.15, -0.1) is 11.8 Å². The molecule has 0 unspecified atom stereocenters. The van der Waals surface area contributed by atoms with Crippen molar-refractivity contribution in [1.82, 2.24) is 4.90 Å². The van der Waals surface area contributed by atoms with Crippen LogP contribution in [-0.2, 0) is 4.74 Å². The van der Waals surface area contributed by atoms with E-state index in [1.165, 1.54) is 0 Å². The summed E-state index contributed by atoms with van der Waals surface area (Å²) in [6, 6.07) is 15.6. The molecule has 1 amide bonds. The van der Waals surface area contributed by atoms with E-state index in [-0.39, 0.29) is 17.6 Å². The molecule has 2 fully saturated rings. The van der Waals surface area contributed by atoms with E-state index < -0.39 is 0 Å². The van der Waals surface area contributed by atoms with Gasteiger partial charge in [0, 0.05) is 53.8 Å². The average Bonchev–Trinajstić information content (AvgIpc) is 2.84. The number of piperidine rings is 1. The number of thioether (sulfide) groups is 1. The predicted molar refractivity (Wildman–Crippen MR) is 121 cm³/mol. The molecular formula is C24H28N2O3S. The molecule has 6 heteroatoms. The normalized spacial score (nSPS) is 19.6. The number of anilines is 1. The Morgan fingerprint density at radius 1 is 1.00 bits per heavy atom. The minimum absolute atomic E-state index is 0.0142. The fourth-order valence-electron chi connectivity index (χ4n) is 4.21. The number of ether oxygens (including phenoxy) is 1. The minimum Gasteiger partial charge on any atom is -0.378 e. The van der Waals surface area contributed by atoms with Gasteiger partial charge in [0.15, 0.2) is 5.78 Å². The van der Waals surface area contributed by atoms with Crippen LogP contribution in [0.3, 0.4) is 0 Å². The van der Waals surface area contributed by atoms with Crippen molar-refractivity contribution in [1.29, 1.82) is 0 Å². The lowest BCUT2D eigenvalue weighted by molar-refractivity contribution is 0.0637. The predicted octanol–water partition coefficient (Wildman–Crippen LogP) is 3.98. The van der Waals surface area contributed by atoms with Crippen molar-refractivity contribution in [3.8, 4) is 0 Å². The van der Waals surface area contributed by atoms with Crippen LogP contribution >= 0.6 is 11.8 Å². The van der Waals surface area contributed by atoms with Crippen LogP contribution in [0.25, 0.3) is 0 Å². The van der Waals surface area contributed by atoms with Crippen LogP contribution in [0.4, 0.5) is 5.69 Å². The van der Waals surface area contributed by atoms with E-state index in [4.69, 9.17) is 4.74 Å². The van der Waals surface area contributed by atoms with Crippen LogP contribution in [0.1, 0.15) is 33.6 Å². The number of likely N-dealkylation sites (tertiary alicyclic amines) is 1. The molecule has 0 N–H and O–H groups in total. The molecule has 0 saturated carbocycles. The zero-order valence-electron chi connectivity index (χ0n) is 17.4. The van der Waals surface area contributed by atoms with Crippen LogP contribution in [0.15, 0.2) is 53.4 Å². The van der Waals surface area contributed by atoms with Crippen molar-refractivity contribution in [3.63, 3.8) is 0 Å². The van der Waals surface area contributed by atoms with Gasteiger partial charge in [0.25, 0.3) is 5.91 Å². The monoisotopic (exact) mass is 424 g/mol. The molecule has 0 radical (unpaired) electrons. The van der Waals surface area contributed by atoms with E-state index in [0.717, 1.165) is 42.1 Å². The lowest BCUT2D eigenvalue weighted by Crippen LogP contribution is -2.42. The number of carbonyl (C=O) groups is 2. The third kappa shape index (κ3) is 4.71. The fraction of sp³-hybridized carbons (Fsp3) is 0.417. The molecule has 2 aromatic carbocycles. The maximum Gasteiger partial charge on any atom is 0.253 e. The summed E-state index contributed by atoms with van der Waals surface area (Å²) in [6.07, 6.45) is 3.71. The van der Waals surface area contributed by atoms with Crippen molar-refractivity contribution in [2.45, 2.75) is 17.7 Å². The largest absolute Gasteiger partial charge is 0.378 e. The Morgan fingerprint density at radius 3 is 2.50 bits per heavy atom. The molecule has 2 heterocycles. The number of rotatable bonds is 5. The molecule has 30 heavy (non-hydrogen) atoms. The molecule has 2 saturated heterocycles. The molecule has 4 rings (SSSR count). The van der Waals surface area contributed by atoms with E-state index in [0.29, 0.717) is 31.9 Å². The summed E-state index contributed by atoms with van der Waals surface area (Å²) in [5, 5.41) is 0. The van der Waals surface area contributed by atoms with Gasteiger partial charge in [0.2, 0.25) is 0 Å². The average molecular weight is 425 g/mol. The smallest absolute Gasteiger partial charge is 0.253 e. The number of morpholine rings is 1. The highest BCUT2D eigenvalue weighted by molar-refractivity contribution is 7.98. The Balaban J connectivity index is 1.45. The summed E-state index contributed by atoms with van der Waals surface area (Å²) in [5.41, 5.74) is 2.49. The maximum atomic E-state index is 13.2. The molecular weight excluding hydrogens is 396 g/mol. The van der Waals surface area contributed by atoms with E-state index >= 15 is 0 Å². The van der Waals surface area contributed by atoms with Crippen LogP contribution in [0, 0.1) is 5.92 Å². The Labute approximate surface area is 182 Å². The highest BCUT2D eigenvalue weighted by Gasteiger charge is 2.29. The van der Waals surface area contributed by atoms with Crippen molar-refractivity contribution in [3.05, 3.63) is 59.7 Å². The molecule has 158 valence electrons. The maximum absolute atomic E-state index is 13.2. The number of benzene rings is 2. The summed E-state index contributed by atoms with van der Waals surface area (Å²) in [5.74, 6) is 0.0211. The summed E-state index contributed by atoms with van der Waals surface area (Å²) in [7, 11) is 0. The van der Waals surface area contributed by atoms with Gasteiger partial charge in [-0.25, -0.2) is 0 Å². The molecule has 2 aromatic rings. The molecule has 2 aliphatic rings. The molecule has 0 aromatic heterocycles. The minimum atomic E-state index is -0.134. The number of carbonyl (C=O) groups excluding carboxylic acids is 2. The van der Waals surface area contributed by atoms with Crippen LogP contribution in [0.2, 0.25) is 0 Å². The molecule has 5 nitrogen and oxygen atoms in total. The van der Waals surface area contributed by atoms with Crippen LogP contribution < -0.4 is 4.90 Å². The van der Waals surface area contributed by atoms with Gasteiger partial charge in [0.05, 0.1) is 13.2 Å². The topological polar surface area (TPSA) is 49.9 Å². The summed E-state index contributed by atoms with van der Waals surface area (Å²) >= 11 is 1.66. The Hall–Kier alpha value is -2.31. The van der Waals surface area contributed by atoms with Crippen molar-refractivity contribution in [2.75, 3.05) is 50.5 Å². The van der Waals surface area contributed by atoms with E-state index in [9.17, 15) is 9.59 Å². The van der Waals surface area contributed by atoms with Crippen molar-refractivity contribution >= 4 is 29.1 Å². The van der Waals surface area contributed by atoms with Crippen molar-refractivity contribution < 1.29 is 14.3 Å². The standard InChI is InChI=1S/C24H28N2O3S/c1-30-22-9-7-18(8-10-22)23(27)20-5-3-11-26(17-20)24(28)19-4-2-6-21(16-19)25-12-14-29-15-13-25/h2,4,6-10,16,20H,3,5,11-15,17H2,1H3/t20-/m1/s1. The van der Waals surface area contributed by atoms with Gasteiger partial charge in [-0.05, 0) is 49.4 Å². The molecule has 0 spiro atoms. The quantitative estimate of drug-likeness (QED) is 0.537. The third-order valence-electron chi connectivity index (χ3n) is 5.92. The first-order valence-electron chi connectivity index (χ1n) is 10.6. The Bertz CT molecular complexity index is 894. The molecule has 0 bridgehead atoms. The number of Topliss-reactive ketones (excluding diaryl/α,β-unsaturated/α-hetero) is 1. The van der Waals surface area contributed by atoms with Gasteiger partial charge in [0.1, 0.15) is 0 Å². The van der Waals surface area contributed by atoms with Gasteiger partial charge in [-0.3, -0.25) is 9.59 Å². The SMILES string of the molecule is CSc1ccc(C(=O)[C@@H]2CCCN(C(=O)c3cccc(N4CCOCC4)c3)C2)cc1. The van der Waals surface area contributed by atoms with Gasteiger partial charge < -0.3 is 14.5 Å². The van der Waals surface area contributed by atoms with E-state index in [2.05, 4.69) is 4.90 Å². The highest BCUT2D eigenvalue weighted by Crippen LogP contribution is 2.25. The third-order valence-corrected chi connectivity index (χ3v) is 6.67. The number of amides is 1. The first-order chi connectivity index (χ1) is 14.7. The molecule has 1 atom stereocenters. The number of hydrogen-bond donors (Lipinski definition) is 0. The number of ketones is 1. The first-order valence-corrected chi connectivity index (χ1v) is 11.8.